The summed E-state index contributed by atoms with van der Waals surface area (Å²) >= 11 is 1.63. The van der Waals surface area contributed by atoms with E-state index >= 15 is 0 Å². The Morgan fingerprint density at radius 2 is 1.94 bits per heavy atom. The number of hydrogen-bond acceptors (Lipinski definition) is 4. The third kappa shape index (κ3) is 3.29. The maximum atomic E-state index is 13.3. The zero-order chi connectivity index (χ0) is 21.6. The van der Waals surface area contributed by atoms with Crippen LogP contribution in [-0.4, -0.2) is 40.7 Å². The number of benzene rings is 2. The minimum atomic E-state index is -1.19. The molecule has 1 aromatic heterocycles. The van der Waals surface area contributed by atoms with Crippen LogP contribution in [0.25, 0.3) is 10.8 Å². The zero-order valence-corrected chi connectivity index (χ0v) is 18.0. The predicted octanol–water partition coefficient (Wildman–Crippen LogP) is 4.03. The van der Waals surface area contributed by atoms with Crippen molar-refractivity contribution in [1.29, 1.82) is 0 Å². The topological polar surface area (TPSA) is 69.7 Å². The molecule has 0 radical (unpaired) electrons. The van der Waals surface area contributed by atoms with Crippen LogP contribution < -0.4 is 5.32 Å². The van der Waals surface area contributed by atoms with Gasteiger partial charge in [0.15, 0.2) is 0 Å². The molecule has 3 heterocycles. The smallest absolute Gasteiger partial charge is 0.325 e. The van der Waals surface area contributed by atoms with Crippen molar-refractivity contribution in [2.24, 2.45) is 0 Å². The Labute approximate surface area is 184 Å². The number of fused-ring (bicyclic) bond motifs is 1. The summed E-state index contributed by atoms with van der Waals surface area (Å²) in [6.07, 6.45) is 1.82. The standard InChI is InChI=1S/C24H23N3O3S/c1-24(18-11-10-16-6-2-3-7-17(16)14-18)22(29)27(23(30)25-24)15-21(28)26-12-4-8-19(26)20-9-5-13-31-20/h2-3,5-7,9-11,13-14,19H,4,8,12,15H2,1H3,(H,25,30). The maximum absolute atomic E-state index is 13.3. The highest BCUT2D eigenvalue weighted by atomic mass is 32.1. The maximum Gasteiger partial charge on any atom is 0.325 e. The molecule has 1 N–H and O–H groups in total. The number of carbonyl (C=O) groups excluding carboxylic acids is 3. The summed E-state index contributed by atoms with van der Waals surface area (Å²) in [4.78, 5) is 43.1. The summed E-state index contributed by atoms with van der Waals surface area (Å²) in [7, 11) is 0. The molecule has 2 fully saturated rings. The Kier molecular flexibility index (Phi) is 4.78. The van der Waals surface area contributed by atoms with E-state index in [0.717, 1.165) is 33.4 Å². The van der Waals surface area contributed by atoms with Crippen LogP contribution in [0.2, 0.25) is 0 Å². The van der Waals surface area contributed by atoms with Crippen molar-refractivity contribution < 1.29 is 14.4 Å². The molecular weight excluding hydrogens is 410 g/mol. The number of carbonyl (C=O) groups is 3. The van der Waals surface area contributed by atoms with Crippen molar-refractivity contribution in [1.82, 2.24) is 15.1 Å². The number of rotatable bonds is 4. The Balaban J connectivity index is 1.37. The van der Waals surface area contributed by atoms with Crippen LogP contribution in [0.1, 0.15) is 36.2 Å². The van der Waals surface area contributed by atoms with Crippen LogP contribution in [-0.2, 0) is 15.1 Å². The number of nitrogens with one attached hydrogen (secondary N) is 1. The number of urea groups is 1. The molecule has 2 aliphatic rings. The molecule has 2 saturated heterocycles. The van der Waals surface area contributed by atoms with Gasteiger partial charge in [-0.3, -0.25) is 14.5 Å². The number of imide groups is 1. The zero-order valence-electron chi connectivity index (χ0n) is 17.2. The monoisotopic (exact) mass is 433 g/mol. The second-order valence-corrected chi connectivity index (χ2v) is 9.25. The van der Waals surface area contributed by atoms with E-state index in [-0.39, 0.29) is 18.5 Å². The highest BCUT2D eigenvalue weighted by Gasteiger charge is 2.50. The van der Waals surface area contributed by atoms with Gasteiger partial charge in [-0.15, -0.1) is 11.3 Å². The van der Waals surface area contributed by atoms with E-state index in [4.69, 9.17) is 0 Å². The molecule has 2 aliphatic heterocycles. The van der Waals surface area contributed by atoms with Gasteiger partial charge in [-0.2, -0.15) is 0 Å². The molecule has 2 unspecified atom stereocenters. The molecule has 2 atom stereocenters. The largest absolute Gasteiger partial charge is 0.333 e. The molecular formula is C24H23N3O3S. The van der Waals surface area contributed by atoms with Gasteiger partial charge in [0, 0.05) is 11.4 Å². The van der Waals surface area contributed by atoms with E-state index in [1.54, 1.807) is 23.2 Å². The Morgan fingerprint density at radius 3 is 2.71 bits per heavy atom. The molecule has 31 heavy (non-hydrogen) atoms. The third-order valence-electron chi connectivity index (χ3n) is 6.34. The number of likely N-dealkylation sites (tertiary alicyclic amines) is 1. The summed E-state index contributed by atoms with van der Waals surface area (Å²) in [5.74, 6) is -0.588. The number of hydrogen-bond donors (Lipinski definition) is 1. The lowest BCUT2D eigenvalue weighted by Crippen LogP contribution is -2.44. The van der Waals surface area contributed by atoms with Crippen molar-refractivity contribution in [3.05, 3.63) is 70.4 Å². The van der Waals surface area contributed by atoms with Crippen molar-refractivity contribution in [2.45, 2.75) is 31.3 Å². The highest BCUT2D eigenvalue weighted by molar-refractivity contribution is 7.10. The minimum Gasteiger partial charge on any atom is -0.333 e. The van der Waals surface area contributed by atoms with Crippen molar-refractivity contribution in [3.8, 4) is 0 Å². The fourth-order valence-electron chi connectivity index (χ4n) is 4.60. The Hall–Kier alpha value is -3.19. The summed E-state index contributed by atoms with van der Waals surface area (Å²) in [6.45, 7) is 2.11. The van der Waals surface area contributed by atoms with E-state index in [1.165, 1.54) is 0 Å². The Morgan fingerprint density at radius 1 is 1.13 bits per heavy atom. The summed E-state index contributed by atoms with van der Waals surface area (Å²) in [5, 5.41) is 6.87. The molecule has 0 bridgehead atoms. The summed E-state index contributed by atoms with van der Waals surface area (Å²) < 4.78 is 0. The first-order valence-electron chi connectivity index (χ1n) is 10.4. The van der Waals surface area contributed by atoms with Gasteiger partial charge in [-0.25, -0.2) is 4.79 Å². The van der Waals surface area contributed by atoms with Gasteiger partial charge < -0.3 is 10.2 Å². The normalized spacial score (nSPS) is 23.6. The van der Waals surface area contributed by atoms with Crippen molar-refractivity contribution in [3.63, 3.8) is 0 Å². The van der Waals surface area contributed by atoms with E-state index in [0.29, 0.717) is 12.1 Å². The van der Waals surface area contributed by atoms with Gasteiger partial charge in [0.05, 0.1) is 6.04 Å². The highest BCUT2D eigenvalue weighted by Crippen LogP contribution is 2.35. The molecule has 6 nitrogen and oxygen atoms in total. The van der Waals surface area contributed by atoms with Gasteiger partial charge in [0.1, 0.15) is 12.1 Å². The summed E-state index contributed by atoms with van der Waals surface area (Å²) in [5.41, 5.74) is -0.489. The second-order valence-electron chi connectivity index (χ2n) is 8.27. The average molecular weight is 434 g/mol. The lowest BCUT2D eigenvalue weighted by Gasteiger charge is -2.26. The first kappa shape index (κ1) is 19.8. The predicted molar refractivity (Wildman–Crippen MR) is 120 cm³/mol. The van der Waals surface area contributed by atoms with Crippen molar-refractivity contribution in [2.75, 3.05) is 13.1 Å². The Bertz CT molecular complexity index is 1180. The first-order valence-corrected chi connectivity index (χ1v) is 11.3. The minimum absolute atomic E-state index is 0.0279. The number of nitrogens with zero attached hydrogens (tertiary/aromatic N) is 2. The lowest BCUT2D eigenvalue weighted by atomic mass is 9.90. The average Bonchev–Trinajstić information content (AvgIpc) is 3.51. The van der Waals surface area contributed by atoms with Crippen LogP contribution in [0.15, 0.2) is 60.0 Å². The molecule has 0 spiro atoms. The second kappa shape index (κ2) is 7.50. The van der Waals surface area contributed by atoms with E-state index in [1.807, 2.05) is 60.0 Å². The quantitative estimate of drug-likeness (QED) is 0.632. The van der Waals surface area contributed by atoms with Gasteiger partial charge in [0.2, 0.25) is 5.91 Å². The fraction of sp³-hybridized carbons (Fsp3) is 0.292. The van der Waals surface area contributed by atoms with Gasteiger partial charge in [0.25, 0.3) is 5.91 Å². The van der Waals surface area contributed by atoms with E-state index < -0.39 is 17.5 Å². The van der Waals surface area contributed by atoms with Crippen LogP contribution in [0.4, 0.5) is 4.79 Å². The first-order chi connectivity index (χ1) is 15.0. The van der Waals surface area contributed by atoms with Crippen molar-refractivity contribution >= 4 is 40.0 Å². The summed E-state index contributed by atoms with van der Waals surface area (Å²) in [6, 6.07) is 17.1. The molecule has 3 aromatic rings. The van der Waals surface area contributed by atoms with Gasteiger partial charge >= 0.3 is 6.03 Å². The van der Waals surface area contributed by atoms with Gasteiger partial charge in [-0.05, 0) is 53.6 Å². The molecule has 2 aromatic carbocycles. The van der Waals surface area contributed by atoms with Crippen LogP contribution in [0.5, 0.6) is 0 Å². The van der Waals surface area contributed by atoms with Crippen LogP contribution >= 0.6 is 11.3 Å². The molecule has 4 amide bonds. The lowest BCUT2D eigenvalue weighted by molar-refractivity contribution is -0.139. The number of amides is 4. The third-order valence-corrected chi connectivity index (χ3v) is 7.31. The molecule has 158 valence electrons. The van der Waals surface area contributed by atoms with E-state index in [9.17, 15) is 14.4 Å². The fourth-order valence-corrected chi connectivity index (χ4v) is 5.48. The number of thiophene rings is 1. The molecule has 0 saturated carbocycles. The molecule has 7 heteroatoms. The SMILES string of the molecule is CC1(c2ccc3ccccc3c2)NC(=O)N(CC(=O)N2CCCC2c2cccs2)C1=O. The van der Waals surface area contributed by atoms with E-state index in [2.05, 4.69) is 5.32 Å². The van der Waals surface area contributed by atoms with Crippen LogP contribution in [0, 0.1) is 0 Å². The molecule has 5 rings (SSSR count). The molecule has 0 aliphatic carbocycles. The van der Waals surface area contributed by atoms with Gasteiger partial charge in [-0.1, -0.05) is 42.5 Å². The van der Waals surface area contributed by atoms with Crippen LogP contribution in [0.3, 0.4) is 0 Å².